The summed E-state index contributed by atoms with van der Waals surface area (Å²) in [6, 6.07) is 0. The zero-order valence-corrected chi connectivity index (χ0v) is 11.5. The Bertz CT molecular complexity index is 216. The number of hydrogen-bond acceptors (Lipinski definition) is 3. The van der Waals surface area contributed by atoms with Crippen LogP contribution < -0.4 is 5.32 Å². The Morgan fingerprint density at radius 2 is 2.18 bits per heavy atom. The highest BCUT2D eigenvalue weighted by Gasteiger charge is 2.22. The van der Waals surface area contributed by atoms with Gasteiger partial charge in [-0.2, -0.15) is 0 Å². The Kier molecular flexibility index (Phi) is 5.26. The summed E-state index contributed by atoms with van der Waals surface area (Å²) in [5, 5.41) is 3.40. The number of hydrogen-bond donors (Lipinski definition) is 1. The molecule has 3 atom stereocenters. The van der Waals surface area contributed by atoms with Gasteiger partial charge in [0.15, 0.2) is 0 Å². The molecule has 2 aliphatic rings. The predicted molar refractivity (Wildman–Crippen MR) is 71.2 cm³/mol. The molecule has 2 fully saturated rings. The largest absolute Gasteiger partial charge is 0.374 e. The molecule has 17 heavy (non-hydrogen) atoms. The minimum absolute atomic E-state index is 0.398. The van der Waals surface area contributed by atoms with E-state index < -0.39 is 0 Å². The van der Waals surface area contributed by atoms with Gasteiger partial charge in [-0.3, -0.25) is 0 Å². The van der Waals surface area contributed by atoms with Crippen molar-refractivity contribution in [1.29, 1.82) is 0 Å². The second-order valence-electron chi connectivity index (χ2n) is 6.06. The summed E-state index contributed by atoms with van der Waals surface area (Å²) in [4.78, 5) is 2.47. The van der Waals surface area contributed by atoms with Crippen molar-refractivity contribution >= 4 is 0 Å². The maximum absolute atomic E-state index is 5.75. The van der Waals surface area contributed by atoms with E-state index in [1.54, 1.807) is 0 Å². The van der Waals surface area contributed by atoms with Gasteiger partial charge in [0, 0.05) is 26.2 Å². The fourth-order valence-electron chi connectivity index (χ4n) is 3.33. The lowest BCUT2D eigenvalue weighted by atomic mass is 9.82. The summed E-state index contributed by atoms with van der Waals surface area (Å²) < 4.78 is 5.75. The molecule has 0 spiro atoms. The highest BCUT2D eigenvalue weighted by atomic mass is 16.5. The maximum Gasteiger partial charge on any atom is 0.0826 e. The Morgan fingerprint density at radius 3 is 2.88 bits per heavy atom. The van der Waals surface area contributed by atoms with Gasteiger partial charge < -0.3 is 15.0 Å². The molecule has 0 aromatic rings. The van der Waals surface area contributed by atoms with Crippen LogP contribution in [-0.2, 0) is 4.74 Å². The molecule has 3 unspecified atom stereocenters. The lowest BCUT2D eigenvalue weighted by molar-refractivity contribution is 0.00646. The highest BCUT2D eigenvalue weighted by molar-refractivity contribution is 4.75. The summed E-state index contributed by atoms with van der Waals surface area (Å²) in [7, 11) is 2.25. The first kappa shape index (κ1) is 13.3. The smallest absolute Gasteiger partial charge is 0.0826 e. The summed E-state index contributed by atoms with van der Waals surface area (Å²) in [5.74, 6) is 1.86. The molecule has 1 N–H and O–H groups in total. The van der Waals surface area contributed by atoms with Crippen LogP contribution in [0.1, 0.15) is 32.6 Å². The summed E-state index contributed by atoms with van der Waals surface area (Å²) in [6.07, 6.45) is 6.12. The van der Waals surface area contributed by atoms with Crippen molar-refractivity contribution in [2.75, 3.05) is 39.8 Å². The van der Waals surface area contributed by atoms with Crippen LogP contribution in [0.15, 0.2) is 0 Å². The van der Waals surface area contributed by atoms with Crippen LogP contribution in [0.5, 0.6) is 0 Å². The Labute approximate surface area is 106 Å². The summed E-state index contributed by atoms with van der Waals surface area (Å²) >= 11 is 0. The lowest BCUT2D eigenvalue weighted by Crippen LogP contribution is -2.45. The second-order valence-corrected chi connectivity index (χ2v) is 6.06. The van der Waals surface area contributed by atoms with E-state index in [4.69, 9.17) is 4.74 Å². The van der Waals surface area contributed by atoms with E-state index in [1.807, 2.05) is 0 Å². The first-order chi connectivity index (χ1) is 8.24. The molecule has 3 heteroatoms. The van der Waals surface area contributed by atoms with Gasteiger partial charge in [-0.25, -0.2) is 0 Å². The average Bonchev–Trinajstić information content (AvgIpc) is 2.30. The molecule has 0 bridgehead atoms. The molecule has 1 aliphatic heterocycles. The van der Waals surface area contributed by atoms with Gasteiger partial charge in [0.2, 0.25) is 0 Å². The first-order valence-corrected chi connectivity index (χ1v) is 7.25. The van der Waals surface area contributed by atoms with Crippen molar-refractivity contribution in [3.8, 4) is 0 Å². The van der Waals surface area contributed by atoms with Crippen molar-refractivity contribution in [1.82, 2.24) is 10.2 Å². The van der Waals surface area contributed by atoms with E-state index in [0.717, 1.165) is 38.1 Å². The number of likely N-dealkylation sites (N-methyl/N-ethyl adjacent to an activating group) is 1. The SMILES string of the molecule is CC1CCCC(CN(C)CC2CNCCO2)C1. The van der Waals surface area contributed by atoms with Crippen LogP contribution in [0.2, 0.25) is 0 Å². The number of nitrogens with zero attached hydrogens (tertiary/aromatic N) is 1. The molecule has 1 saturated carbocycles. The molecule has 3 nitrogen and oxygen atoms in total. The van der Waals surface area contributed by atoms with E-state index in [-0.39, 0.29) is 0 Å². The molecule has 0 aromatic carbocycles. The topological polar surface area (TPSA) is 24.5 Å². The molecule has 1 heterocycles. The van der Waals surface area contributed by atoms with Gasteiger partial charge in [-0.1, -0.05) is 19.8 Å². The van der Waals surface area contributed by atoms with Crippen LogP contribution in [0.4, 0.5) is 0 Å². The van der Waals surface area contributed by atoms with Gasteiger partial charge >= 0.3 is 0 Å². The third kappa shape index (κ3) is 4.57. The van der Waals surface area contributed by atoms with Gasteiger partial charge in [0.25, 0.3) is 0 Å². The molecular weight excluding hydrogens is 212 g/mol. The van der Waals surface area contributed by atoms with Crippen molar-refractivity contribution in [3.63, 3.8) is 0 Å². The van der Waals surface area contributed by atoms with Crippen LogP contribution in [-0.4, -0.2) is 50.8 Å². The zero-order chi connectivity index (χ0) is 12.1. The Balaban J connectivity index is 1.66. The van der Waals surface area contributed by atoms with Crippen LogP contribution in [0.3, 0.4) is 0 Å². The van der Waals surface area contributed by atoms with E-state index >= 15 is 0 Å². The third-order valence-electron chi connectivity index (χ3n) is 4.13. The van der Waals surface area contributed by atoms with Crippen molar-refractivity contribution in [3.05, 3.63) is 0 Å². The van der Waals surface area contributed by atoms with Crippen molar-refractivity contribution < 1.29 is 4.74 Å². The molecule has 0 aromatic heterocycles. The van der Waals surface area contributed by atoms with Crippen molar-refractivity contribution in [2.45, 2.75) is 38.7 Å². The number of rotatable bonds is 4. The number of nitrogens with one attached hydrogen (secondary N) is 1. The van der Waals surface area contributed by atoms with Gasteiger partial charge in [0.1, 0.15) is 0 Å². The van der Waals surface area contributed by atoms with Crippen LogP contribution in [0.25, 0.3) is 0 Å². The number of morpholine rings is 1. The summed E-state index contributed by atoms with van der Waals surface area (Å²) in [5.41, 5.74) is 0. The van der Waals surface area contributed by atoms with E-state index in [9.17, 15) is 0 Å². The minimum atomic E-state index is 0.398. The van der Waals surface area contributed by atoms with E-state index in [0.29, 0.717) is 6.10 Å². The maximum atomic E-state index is 5.75. The molecule has 1 saturated heterocycles. The fraction of sp³-hybridized carbons (Fsp3) is 1.00. The molecule has 0 radical (unpaired) electrons. The normalized spacial score (nSPS) is 35.1. The van der Waals surface area contributed by atoms with E-state index in [2.05, 4.69) is 24.2 Å². The molecule has 2 rings (SSSR count). The molecular formula is C14H28N2O. The standard InChI is InChI=1S/C14H28N2O/c1-12-4-3-5-13(8-12)10-16(2)11-14-9-15-6-7-17-14/h12-15H,3-11H2,1-2H3. The van der Waals surface area contributed by atoms with Crippen LogP contribution >= 0.6 is 0 Å². The van der Waals surface area contributed by atoms with E-state index in [1.165, 1.54) is 32.2 Å². The molecule has 1 aliphatic carbocycles. The number of ether oxygens (including phenoxy) is 1. The third-order valence-corrected chi connectivity index (χ3v) is 4.13. The lowest BCUT2D eigenvalue weighted by Gasteiger charge is -2.33. The quantitative estimate of drug-likeness (QED) is 0.810. The predicted octanol–water partition coefficient (Wildman–Crippen LogP) is 1.73. The first-order valence-electron chi connectivity index (χ1n) is 7.25. The van der Waals surface area contributed by atoms with Gasteiger partial charge in [-0.05, 0) is 31.7 Å². The van der Waals surface area contributed by atoms with Crippen LogP contribution in [0, 0.1) is 11.8 Å². The fourth-order valence-corrected chi connectivity index (χ4v) is 3.33. The average molecular weight is 240 g/mol. The Morgan fingerprint density at radius 1 is 1.29 bits per heavy atom. The molecule has 0 amide bonds. The zero-order valence-electron chi connectivity index (χ0n) is 11.5. The second kappa shape index (κ2) is 6.72. The minimum Gasteiger partial charge on any atom is -0.374 e. The highest BCUT2D eigenvalue weighted by Crippen LogP contribution is 2.28. The van der Waals surface area contributed by atoms with Gasteiger partial charge in [-0.15, -0.1) is 0 Å². The molecule has 100 valence electrons. The van der Waals surface area contributed by atoms with Gasteiger partial charge in [0.05, 0.1) is 12.7 Å². The monoisotopic (exact) mass is 240 g/mol. The Hall–Kier alpha value is -0.120. The van der Waals surface area contributed by atoms with Crippen molar-refractivity contribution in [2.24, 2.45) is 11.8 Å². The summed E-state index contributed by atoms with van der Waals surface area (Å²) in [6.45, 7) is 7.65.